The summed E-state index contributed by atoms with van der Waals surface area (Å²) in [6.45, 7) is 2.22. The second-order valence-electron chi connectivity index (χ2n) is 10.0. The minimum atomic E-state index is -0.0200. The van der Waals surface area contributed by atoms with Crippen molar-refractivity contribution in [2.24, 2.45) is 0 Å². The Labute approximate surface area is 229 Å². The van der Waals surface area contributed by atoms with Crippen LogP contribution in [0.15, 0.2) is 48.7 Å². The number of hydrogen-bond donors (Lipinski definition) is 2. The zero-order valence-corrected chi connectivity index (χ0v) is 22.4. The summed E-state index contributed by atoms with van der Waals surface area (Å²) in [7, 11) is 1.69. The lowest BCUT2D eigenvalue weighted by Gasteiger charge is -2.25. The fourth-order valence-electron chi connectivity index (χ4n) is 5.59. The van der Waals surface area contributed by atoms with Crippen LogP contribution in [0.4, 0.5) is 5.13 Å². The van der Waals surface area contributed by atoms with Crippen LogP contribution in [0.3, 0.4) is 0 Å². The molecule has 3 aromatic heterocycles. The molecule has 0 bridgehead atoms. The molecule has 39 heavy (non-hydrogen) atoms. The van der Waals surface area contributed by atoms with Gasteiger partial charge in [-0.05, 0) is 42.2 Å². The number of aromatic amines is 1. The van der Waals surface area contributed by atoms with E-state index in [1.165, 1.54) is 11.1 Å². The van der Waals surface area contributed by atoms with Crippen molar-refractivity contribution >= 4 is 33.4 Å². The lowest BCUT2D eigenvalue weighted by molar-refractivity contribution is 0.0732. The number of methoxy groups -OCH3 is 1. The van der Waals surface area contributed by atoms with Gasteiger partial charge >= 0.3 is 0 Å². The van der Waals surface area contributed by atoms with Crippen LogP contribution in [0.25, 0.3) is 21.7 Å². The number of rotatable bonds is 7. The molecule has 2 N–H and O–H groups in total. The van der Waals surface area contributed by atoms with Gasteiger partial charge in [-0.15, -0.1) is 0 Å². The Bertz CT molecular complexity index is 1650. The van der Waals surface area contributed by atoms with Crippen molar-refractivity contribution in [1.29, 1.82) is 0 Å². The topological polar surface area (TPSA) is 114 Å². The summed E-state index contributed by atoms with van der Waals surface area (Å²) in [6, 6.07) is 14.7. The molecule has 0 radical (unpaired) electrons. The van der Waals surface area contributed by atoms with Crippen molar-refractivity contribution in [2.45, 2.75) is 38.4 Å². The second kappa shape index (κ2) is 9.90. The lowest BCUT2D eigenvalue weighted by Crippen LogP contribution is -2.36. The van der Waals surface area contributed by atoms with Crippen LogP contribution in [0.1, 0.15) is 32.9 Å². The summed E-state index contributed by atoms with van der Waals surface area (Å²) < 4.78 is 7.54. The van der Waals surface area contributed by atoms with Crippen LogP contribution in [-0.2, 0) is 37.1 Å². The Hall–Kier alpha value is -4.09. The van der Waals surface area contributed by atoms with Crippen LogP contribution in [-0.4, -0.2) is 67.1 Å². The average Bonchev–Trinajstić information content (AvgIpc) is 3.76. The molecule has 0 saturated carbocycles. The number of thiazole rings is 1. The molecule has 2 aliphatic rings. The van der Waals surface area contributed by atoms with Crippen molar-refractivity contribution in [3.63, 3.8) is 0 Å². The smallest absolute Gasteiger partial charge is 0.254 e. The third kappa shape index (κ3) is 4.47. The van der Waals surface area contributed by atoms with Gasteiger partial charge in [-0.25, -0.2) is 9.97 Å². The van der Waals surface area contributed by atoms with E-state index in [0.717, 1.165) is 51.1 Å². The molecule has 0 atom stereocenters. The summed E-state index contributed by atoms with van der Waals surface area (Å²) in [5.74, 6) is 0.811. The molecule has 0 fully saturated rings. The Morgan fingerprint density at radius 2 is 1.97 bits per heavy atom. The molecular formula is C28H28N8O2S. The van der Waals surface area contributed by atoms with E-state index in [4.69, 9.17) is 9.72 Å². The predicted molar refractivity (Wildman–Crippen MR) is 149 cm³/mol. The zero-order valence-electron chi connectivity index (χ0n) is 21.6. The van der Waals surface area contributed by atoms with Gasteiger partial charge in [0.15, 0.2) is 11.0 Å². The number of anilines is 1. The van der Waals surface area contributed by atoms with Gasteiger partial charge in [0, 0.05) is 38.2 Å². The van der Waals surface area contributed by atoms with Crippen molar-refractivity contribution in [2.75, 3.05) is 25.6 Å². The average molecular weight is 541 g/mol. The minimum absolute atomic E-state index is 0.0200. The molecule has 198 valence electrons. The van der Waals surface area contributed by atoms with Crippen LogP contribution in [0.2, 0.25) is 0 Å². The Balaban J connectivity index is 1.16. The first-order valence-corrected chi connectivity index (χ1v) is 13.9. The predicted octanol–water partition coefficient (Wildman–Crippen LogP) is 3.70. The maximum absolute atomic E-state index is 13.4. The van der Waals surface area contributed by atoms with E-state index in [2.05, 4.69) is 54.5 Å². The fourth-order valence-corrected chi connectivity index (χ4v) is 6.48. The third-order valence-electron chi connectivity index (χ3n) is 7.57. The monoisotopic (exact) mass is 540 g/mol. The summed E-state index contributed by atoms with van der Waals surface area (Å²) >= 11 is 1.60. The molecule has 1 amide bonds. The SMILES string of the molecule is COCCn1c(-c2cnc(NC3Cc4ccccc4C3)s2)nc2ccc(C(=O)N3CCc4n[nH]nc4C3)cc21. The molecule has 1 aliphatic heterocycles. The molecule has 2 aromatic carbocycles. The van der Waals surface area contributed by atoms with Crippen LogP contribution < -0.4 is 5.32 Å². The van der Waals surface area contributed by atoms with E-state index < -0.39 is 0 Å². The molecule has 0 spiro atoms. The van der Waals surface area contributed by atoms with Crippen molar-refractivity contribution < 1.29 is 9.53 Å². The van der Waals surface area contributed by atoms with E-state index >= 15 is 0 Å². The number of fused-ring (bicyclic) bond motifs is 3. The van der Waals surface area contributed by atoms with Gasteiger partial charge in [-0.3, -0.25) is 4.79 Å². The van der Waals surface area contributed by atoms with Crippen LogP contribution in [0, 0.1) is 0 Å². The van der Waals surface area contributed by atoms with Crippen molar-refractivity contribution in [3.8, 4) is 10.7 Å². The van der Waals surface area contributed by atoms with Gasteiger partial charge in [0.1, 0.15) is 5.69 Å². The molecule has 5 aromatic rings. The summed E-state index contributed by atoms with van der Waals surface area (Å²) in [6.07, 6.45) is 4.59. The largest absolute Gasteiger partial charge is 0.383 e. The van der Waals surface area contributed by atoms with Crippen LogP contribution >= 0.6 is 11.3 Å². The highest BCUT2D eigenvalue weighted by molar-refractivity contribution is 7.18. The maximum atomic E-state index is 13.4. The Kier molecular flexibility index (Phi) is 6.09. The molecule has 11 heteroatoms. The van der Waals surface area contributed by atoms with Gasteiger partial charge in [-0.2, -0.15) is 15.4 Å². The van der Waals surface area contributed by atoms with E-state index in [1.54, 1.807) is 18.4 Å². The number of hydrogen-bond acceptors (Lipinski definition) is 8. The number of imidazole rings is 1. The normalized spacial score (nSPS) is 15.1. The highest BCUT2D eigenvalue weighted by Crippen LogP contribution is 2.33. The third-order valence-corrected chi connectivity index (χ3v) is 8.49. The number of amides is 1. The number of ether oxygens (including phenoxy) is 1. The molecular weight excluding hydrogens is 512 g/mol. The maximum Gasteiger partial charge on any atom is 0.254 e. The zero-order chi connectivity index (χ0) is 26.3. The molecule has 1 aliphatic carbocycles. The van der Waals surface area contributed by atoms with Gasteiger partial charge in [0.2, 0.25) is 0 Å². The molecule has 0 unspecified atom stereocenters. The van der Waals surface area contributed by atoms with Crippen LogP contribution in [0.5, 0.6) is 0 Å². The van der Waals surface area contributed by atoms with E-state index in [1.807, 2.05) is 29.3 Å². The van der Waals surface area contributed by atoms with Gasteiger partial charge < -0.3 is 19.5 Å². The number of benzene rings is 2. The van der Waals surface area contributed by atoms with Gasteiger partial charge in [0.05, 0.1) is 41.0 Å². The summed E-state index contributed by atoms with van der Waals surface area (Å²) in [5, 5.41) is 15.5. The first-order chi connectivity index (χ1) is 19.2. The van der Waals surface area contributed by atoms with E-state index in [-0.39, 0.29) is 5.91 Å². The highest BCUT2D eigenvalue weighted by Gasteiger charge is 2.26. The summed E-state index contributed by atoms with van der Waals surface area (Å²) in [5.41, 5.74) is 6.96. The Morgan fingerprint density at radius 1 is 1.15 bits per heavy atom. The van der Waals surface area contributed by atoms with Crippen molar-refractivity contribution in [1.82, 2.24) is 34.8 Å². The van der Waals surface area contributed by atoms with E-state index in [9.17, 15) is 4.79 Å². The molecule has 10 nitrogen and oxygen atoms in total. The van der Waals surface area contributed by atoms with Gasteiger partial charge in [0.25, 0.3) is 5.91 Å². The quantitative estimate of drug-likeness (QED) is 0.324. The number of nitrogens with one attached hydrogen (secondary N) is 2. The fraction of sp³-hybridized carbons (Fsp3) is 0.321. The lowest BCUT2D eigenvalue weighted by atomic mass is 10.1. The molecule has 4 heterocycles. The first kappa shape index (κ1) is 24.0. The number of carbonyl (C=O) groups is 1. The van der Waals surface area contributed by atoms with Gasteiger partial charge in [-0.1, -0.05) is 35.6 Å². The van der Waals surface area contributed by atoms with E-state index in [0.29, 0.717) is 44.3 Å². The number of H-pyrrole nitrogens is 1. The number of aromatic nitrogens is 6. The Morgan fingerprint density at radius 3 is 2.79 bits per heavy atom. The summed E-state index contributed by atoms with van der Waals surface area (Å²) in [4.78, 5) is 25.9. The van der Waals surface area contributed by atoms with Crippen molar-refractivity contribution in [3.05, 3.63) is 76.7 Å². The molecule has 7 rings (SSSR count). The standard InChI is InChI=1S/C28H28N8O2S/c1-38-11-10-36-24-14-19(27(37)35-9-8-21-23(16-35)33-34-32-21)6-7-22(24)31-26(36)25-15-29-28(39-25)30-20-12-17-4-2-3-5-18(17)13-20/h2-7,14-15,20H,8-13,16H2,1H3,(H,29,30)(H,32,33,34). The molecule has 0 saturated heterocycles. The second-order valence-corrected chi connectivity index (χ2v) is 11.1. The minimum Gasteiger partial charge on any atom is -0.383 e. The highest BCUT2D eigenvalue weighted by atomic mass is 32.1. The first-order valence-electron chi connectivity index (χ1n) is 13.1. The number of carbonyl (C=O) groups excluding carboxylic acids is 1. The number of nitrogens with zero attached hydrogens (tertiary/aromatic N) is 6.